The summed E-state index contributed by atoms with van der Waals surface area (Å²) in [6.45, 7) is 5.49. The van der Waals surface area contributed by atoms with Gasteiger partial charge in [-0.1, -0.05) is 27.7 Å². The van der Waals surface area contributed by atoms with Crippen molar-refractivity contribution >= 4 is 11.9 Å². The molecular formula is C18H26F8O4. The Hall–Kier alpha value is -1.62. The van der Waals surface area contributed by atoms with Crippen LogP contribution in [-0.2, 0) is 19.1 Å². The lowest BCUT2D eigenvalue weighted by atomic mass is 9.86. The Morgan fingerprint density at radius 2 is 1.33 bits per heavy atom. The van der Waals surface area contributed by atoms with Crippen molar-refractivity contribution in [2.75, 3.05) is 13.2 Å². The molecule has 0 aliphatic heterocycles. The smallest absolute Gasteiger partial charge is 0.381 e. The van der Waals surface area contributed by atoms with Gasteiger partial charge < -0.3 is 9.47 Å². The van der Waals surface area contributed by atoms with Gasteiger partial charge in [0.1, 0.15) is 0 Å². The SMILES string of the molecule is CC(COC(=O)CCCC(=O)OCC(F)(F)C(F)(F)C(F)(F)C(F)F)CC(C)(C)C. The van der Waals surface area contributed by atoms with Crippen LogP contribution < -0.4 is 0 Å². The molecule has 0 N–H and O–H groups in total. The van der Waals surface area contributed by atoms with Crippen LogP contribution >= 0.6 is 0 Å². The van der Waals surface area contributed by atoms with Gasteiger partial charge in [0.25, 0.3) is 0 Å². The predicted octanol–water partition coefficient (Wildman–Crippen LogP) is 5.49. The largest absolute Gasteiger partial charge is 0.465 e. The number of ether oxygens (including phenoxy) is 2. The van der Waals surface area contributed by atoms with Crippen molar-refractivity contribution in [3.8, 4) is 0 Å². The van der Waals surface area contributed by atoms with E-state index >= 15 is 0 Å². The van der Waals surface area contributed by atoms with E-state index in [1.807, 2.05) is 27.7 Å². The third kappa shape index (κ3) is 8.63. The summed E-state index contributed by atoms with van der Waals surface area (Å²) >= 11 is 0. The molecule has 0 spiro atoms. The highest BCUT2D eigenvalue weighted by atomic mass is 19.4. The molecule has 178 valence electrons. The first-order chi connectivity index (χ1) is 13.3. The molecule has 0 radical (unpaired) electrons. The summed E-state index contributed by atoms with van der Waals surface area (Å²) in [5, 5.41) is 0. The van der Waals surface area contributed by atoms with Gasteiger partial charge in [-0.3, -0.25) is 9.59 Å². The molecule has 0 aliphatic rings. The van der Waals surface area contributed by atoms with Crippen LogP contribution in [0.2, 0.25) is 0 Å². The molecule has 1 unspecified atom stereocenters. The van der Waals surface area contributed by atoms with Crippen molar-refractivity contribution < 1.29 is 54.2 Å². The van der Waals surface area contributed by atoms with Gasteiger partial charge in [-0.25, -0.2) is 8.78 Å². The molecule has 0 aromatic heterocycles. The number of rotatable bonds is 12. The van der Waals surface area contributed by atoms with E-state index < -0.39 is 49.2 Å². The average molecular weight is 458 g/mol. The number of halogens is 8. The maximum absolute atomic E-state index is 13.2. The molecule has 12 heteroatoms. The lowest BCUT2D eigenvalue weighted by Gasteiger charge is -2.31. The summed E-state index contributed by atoms with van der Waals surface area (Å²) in [6.07, 6.45) is -5.48. The Bertz CT molecular complexity index is 573. The normalized spacial score (nSPS) is 14.6. The third-order valence-electron chi connectivity index (χ3n) is 3.82. The summed E-state index contributed by atoms with van der Waals surface area (Å²) in [4.78, 5) is 22.9. The molecule has 0 heterocycles. The Morgan fingerprint density at radius 1 is 0.867 bits per heavy atom. The maximum atomic E-state index is 13.2. The van der Waals surface area contributed by atoms with Gasteiger partial charge in [-0.15, -0.1) is 0 Å². The quantitative estimate of drug-likeness (QED) is 0.287. The molecule has 0 rings (SSSR count). The molecular weight excluding hydrogens is 432 g/mol. The van der Waals surface area contributed by atoms with E-state index in [4.69, 9.17) is 4.74 Å². The first-order valence-electron chi connectivity index (χ1n) is 9.06. The zero-order valence-electron chi connectivity index (χ0n) is 17.1. The van der Waals surface area contributed by atoms with E-state index in [0.29, 0.717) is 0 Å². The van der Waals surface area contributed by atoms with Gasteiger partial charge in [0.05, 0.1) is 6.61 Å². The van der Waals surface area contributed by atoms with Gasteiger partial charge in [0, 0.05) is 12.8 Å². The van der Waals surface area contributed by atoms with E-state index in [1.54, 1.807) is 0 Å². The Balaban J connectivity index is 4.39. The van der Waals surface area contributed by atoms with Crippen LogP contribution in [0.4, 0.5) is 35.1 Å². The van der Waals surface area contributed by atoms with Gasteiger partial charge >= 0.3 is 36.1 Å². The second-order valence-corrected chi connectivity index (χ2v) is 8.27. The summed E-state index contributed by atoms with van der Waals surface area (Å²) < 4.78 is 111. The number of carbonyl (C=O) groups is 2. The van der Waals surface area contributed by atoms with Crippen LogP contribution in [0.15, 0.2) is 0 Å². The van der Waals surface area contributed by atoms with E-state index in [-0.39, 0.29) is 30.8 Å². The zero-order chi connectivity index (χ0) is 24.0. The molecule has 0 aliphatic carbocycles. The standard InChI is InChI=1S/C18H26F8O4/c1-11(8-15(2,3)4)9-29-12(27)6-5-7-13(28)30-10-16(21,22)18(25,26)17(23,24)14(19)20/h11,14H,5-10H2,1-4H3. The predicted molar refractivity (Wildman–Crippen MR) is 89.9 cm³/mol. The molecule has 0 saturated carbocycles. The van der Waals surface area contributed by atoms with Crippen LogP contribution in [0.1, 0.15) is 53.4 Å². The summed E-state index contributed by atoms with van der Waals surface area (Å²) in [7, 11) is 0. The van der Waals surface area contributed by atoms with Crippen molar-refractivity contribution in [2.45, 2.75) is 77.6 Å². The fraction of sp³-hybridized carbons (Fsp3) is 0.889. The van der Waals surface area contributed by atoms with E-state index in [9.17, 15) is 44.7 Å². The Morgan fingerprint density at radius 3 is 1.77 bits per heavy atom. The fourth-order valence-electron chi connectivity index (χ4n) is 2.50. The summed E-state index contributed by atoms with van der Waals surface area (Å²) in [6, 6.07) is 0. The van der Waals surface area contributed by atoms with Gasteiger partial charge in [-0.05, 0) is 24.2 Å². The first-order valence-corrected chi connectivity index (χ1v) is 9.06. The fourth-order valence-corrected chi connectivity index (χ4v) is 2.50. The monoisotopic (exact) mass is 458 g/mol. The number of hydrogen-bond donors (Lipinski definition) is 0. The molecule has 30 heavy (non-hydrogen) atoms. The molecule has 0 bridgehead atoms. The van der Waals surface area contributed by atoms with Crippen LogP contribution in [-0.4, -0.2) is 49.3 Å². The van der Waals surface area contributed by atoms with Gasteiger partial charge in [-0.2, -0.15) is 26.3 Å². The van der Waals surface area contributed by atoms with Crippen LogP contribution in [0, 0.1) is 11.3 Å². The lowest BCUT2D eigenvalue weighted by Crippen LogP contribution is -2.59. The molecule has 4 nitrogen and oxygen atoms in total. The number of carbonyl (C=O) groups excluding carboxylic acids is 2. The molecule has 0 amide bonds. The zero-order valence-corrected chi connectivity index (χ0v) is 17.1. The highest BCUT2D eigenvalue weighted by Gasteiger charge is 2.75. The second-order valence-electron chi connectivity index (χ2n) is 8.27. The number of hydrogen-bond acceptors (Lipinski definition) is 4. The molecule has 0 aromatic rings. The highest BCUT2D eigenvalue weighted by molar-refractivity contribution is 5.72. The number of esters is 2. The van der Waals surface area contributed by atoms with E-state index in [2.05, 4.69) is 4.74 Å². The Labute approximate surface area is 169 Å². The molecule has 1 atom stereocenters. The van der Waals surface area contributed by atoms with Crippen molar-refractivity contribution in [1.29, 1.82) is 0 Å². The van der Waals surface area contributed by atoms with E-state index in [1.165, 1.54) is 0 Å². The minimum absolute atomic E-state index is 0.0216. The molecule has 0 saturated heterocycles. The molecule has 0 aromatic carbocycles. The van der Waals surface area contributed by atoms with Crippen LogP contribution in [0.3, 0.4) is 0 Å². The third-order valence-corrected chi connectivity index (χ3v) is 3.82. The minimum Gasteiger partial charge on any atom is -0.465 e. The van der Waals surface area contributed by atoms with Gasteiger partial charge in [0.2, 0.25) is 0 Å². The van der Waals surface area contributed by atoms with Crippen molar-refractivity contribution in [2.24, 2.45) is 11.3 Å². The first kappa shape index (κ1) is 28.4. The van der Waals surface area contributed by atoms with Crippen molar-refractivity contribution in [1.82, 2.24) is 0 Å². The molecule has 0 fully saturated rings. The topological polar surface area (TPSA) is 52.6 Å². The Kier molecular flexibility index (Phi) is 10.0. The average Bonchev–Trinajstić information content (AvgIpc) is 2.56. The summed E-state index contributed by atoms with van der Waals surface area (Å²) in [5.74, 6) is -20.6. The number of alkyl halides is 8. The minimum atomic E-state index is -6.44. The van der Waals surface area contributed by atoms with E-state index in [0.717, 1.165) is 6.42 Å². The van der Waals surface area contributed by atoms with Gasteiger partial charge in [0.15, 0.2) is 6.61 Å². The van der Waals surface area contributed by atoms with Crippen LogP contribution in [0.5, 0.6) is 0 Å². The summed E-state index contributed by atoms with van der Waals surface area (Å²) in [5.41, 5.74) is 0.0216. The highest BCUT2D eigenvalue weighted by Crippen LogP contribution is 2.48. The lowest BCUT2D eigenvalue weighted by molar-refractivity contribution is -0.344. The van der Waals surface area contributed by atoms with Crippen LogP contribution in [0.25, 0.3) is 0 Å². The maximum Gasteiger partial charge on any atom is 0.381 e. The van der Waals surface area contributed by atoms with Crippen molar-refractivity contribution in [3.05, 3.63) is 0 Å². The second kappa shape index (κ2) is 10.6. The van der Waals surface area contributed by atoms with Crippen molar-refractivity contribution in [3.63, 3.8) is 0 Å².